The Morgan fingerprint density at radius 1 is 1.28 bits per heavy atom. The first-order valence-electron chi connectivity index (χ1n) is 5.23. The molecule has 2 atom stereocenters. The van der Waals surface area contributed by atoms with Gasteiger partial charge in [0.05, 0.1) is 33.8 Å². The van der Waals surface area contributed by atoms with Crippen molar-refractivity contribution < 1.29 is 18.6 Å². The van der Waals surface area contributed by atoms with Crippen LogP contribution in [0.2, 0.25) is 10.0 Å². The van der Waals surface area contributed by atoms with E-state index in [2.05, 4.69) is 0 Å². The van der Waals surface area contributed by atoms with Crippen molar-refractivity contribution in [3.05, 3.63) is 33.8 Å². The minimum Gasteiger partial charge on any atom is -0.394 e. The molecule has 0 amide bonds. The monoisotopic (exact) mass is 312 g/mol. The van der Waals surface area contributed by atoms with Crippen molar-refractivity contribution in [2.75, 3.05) is 12.4 Å². The predicted molar refractivity (Wildman–Crippen MR) is 71.8 cm³/mol. The second-order valence-corrected chi connectivity index (χ2v) is 7.16. The number of halogens is 2. The van der Waals surface area contributed by atoms with Crippen LogP contribution in [-0.2, 0) is 9.84 Å². The van der Waals surface area contributed by atoms with Crippen molar-refractivity contribution >= 4 is 33.0 Å². The van der Waals surface area contributed by atoms with Gasteiger partial charge in [0.15, 0.2) is 9.84 Å². The van der Waals surface area contributed by atoms with E-state index in [-0.39, 0.29) is 5.02 Å². The molecule has 1 aromatic rings. The summed E-state index contributed by atoms with van der Waals surface area (Å²) in [5, 5.41) is 17.7. The summed E-state index contributed by atoms with van der Waals surface area (Å²) in [6.45, 7) is 0.909. The molecule has 0 heterocycles. The van der Waals surface area contributed by atoms with E-state index in [4.69, 9.17) is 28.3 Å². The fourth-order valence-electron chi connectivity index (χ4n) is 1.44. The molecule has 0 aromatic heterocycles. The number of hydrogen-bond donors (Lipinski definition) is 2. The zero-order valence-corrected chi connectivity index (χ0v) is 12.0. The highest BCUT2D eigenvalue weighted by Crippen LogP contribution is 2.29. The first-order valence-corrected chi connectivity index (χ1v) is 7.70. The second-order valence-electron chi connectivity index (χ2n) is 3.98. The molecule has 0 aliphatic carbocycles. The van der Waals surface area contributed by atoms with Crippen LogP contribution in [0.4, 0.5) is 0 Å². The molecule has 7 heteroatoms. The molecular formula is C11H14Cl2O4S. The second kappa shape index (κ2) is 6.21. The van der Waals surface area contributed by atoms with Crippen LogP contribution in [0, 0.1) is 0 Å². The topological polar surface area (TPSA) is 74.6 Å². The van der Waals surface area contributed by atoms with Crippen molar-refractivity contribution in [3.8, 4) is 0 Å². The number of benzene rings is 1. The lowest BCUT2D eigenvalue weighted by Crippen LogP contribution is -2.27. The minimum absolute atomic E-state index is 0.277. The summed E-state index contributed by atoms with van der Waals surface area (Å²) < 4.78 is 23.9. The van der Waals surface area contributed by atoms with Gasteiger partial charge >= 0.3 is 0 Å². The molecule has 0 radical (unpaired) electrons. The summed E-state index contributed by atoms with van der Waals surface area (Å²) in [4.78, 5) is 0. The Morgan fingerprint density at radius 2 is 1.89 bits per heavy atom. The Kier molecular flexibility index (Phi) is 5.43. The number of hydrogen-bond acceptors (Lipinski definition) is 4. The highest BCUT2D eigenvalue weighted by atomic mass is 35.5. The van der Waals surface area contributed by atoms with Crippen molar-refractivity contribution in [1.82, 2.24) is 0 Å². The largest absolute Gasteiger partial charge is 0.394 e. The summed E-state index contributed by atoms with van der Waals surface area (Å²) in [5.74, 6) is -0.495. The van der Waals surface area contributed by atoms with Gasteiger partial charge in [0, 0.05) is 0 Å². The van der Waals surface area contributed by atoms with Gasteiger partial charge in [-0.25, -0.2) is 8.42 Å². The molecule has 1 aromatic carbocycles. The summed E-state index contributed by atoms with van der Waals surface area (Å²) in [6.07, 6.45) is -1.28. The van der Waals surface area contributed by atoms with Crippen LogP contribution < -0.4 is 0 Å². The zero-order chi connectivity index (χ0) is 13.9. The van der Waals surface area contributed by atoms with Crippen molar-refractivity contribution in [2.24, 2.45) is 0 Å². The molecule has 2 N–H and O–H groups in total. The van der Waals surface area contributed by atoms with Gasteiger partial charge in [0.2, 0.25) is 0 Å². The number of rotatable bonds is 5. The van der Waals surface area contributed by atoms with Crippen LogP contribution in [0.5, 0.6) is 0 Å². The van der Waals surface area contributed by atoms with E-state index < -0.39 is 33.6 Å². The smallest absolute Gasteiger partial charge is 0.159 e. The molecule has 0 bridgehead atoms. The van der Waals surface area contributed by atoms with Crippen LogP contribution in [-0.4, -0.2) is 37.1 Å². The third kappa shape index (κ3) is 3.83. The van der Waals surface area contributed by atoms with E-state index >= 15 is 0 Å². The maximum atomic E-state index is 11.9. The van der Waals surface area contributed by atoms with Crippen LogP contribution in [0.1, 0.15) is 17.7 Å². The highest BCUT2D eigenvalue weighted by Gasteiger charge is 2.25. The van der Waals surface area contributed by atoms with Crippen molar-refractivity contribution in [1.29, 1.82) is 0 Å². The van der Waals surface area contributed by atoms with Crippen LogP contribution in [0.15, 0.2) is 18.2 Å². The third-order valence-electron chi connectivity index (χ3n) is 2.59. The maximum absolute atomic E-state index is 11.9. The Morgan fingerprint density at radius 3 is 2.39 bits per heavy atom. The van der Waals surface area contributed by atoms with Gasteiger partial charge in [-0.05, 0) is 24.6 Å². The number of sulfone groups is 1. The lowest BCUT2D eigenvalue weighted by Gasteiger charge is -2.16. The lowest BCUT2D eigenvalue weighted by atomic mass is 10.2. The van der Waals surface area contributed by atoms with Crippen LogP contribution >= 0.6 is 23.2 Å². The van der Waals surface area contributed by atoms with Crippen LogP contribution in [0.25, 0.3) is 0 Å². The van der Waals surface area contributed by atoms with Crippen molar-refractivity contribution in [3.63, 3.8) is 0 Å². The first kappa shape index (κ1) is 15.7. The fourth-order valence-corrected chi connectivity index (χ4v) is 3.24. The third-order valence-corrected chi connectivity index (χ3v) is 5.53. The molecule has 4 nitrogen and oxygen atoms in total. The van der Waals surface area contributed by atoms with Gasteiger partial charge in [-0.2, -0.15) is 0 Å². The van der Waals surface area contributed by atoms with Gasteiger partial charge in [-0.1, -0.05) is 29.3 Å². The Balaban J connectivity index is 2.98. The summed E-state index contributed by atoms with van der Waals surface area (Å²) in [5.41, 5.74) is 0.495. The van der Waals surface area contributed by atoms with E-state index in [9.17, 15) is 13.5 Å². The predicted octanol–water partition coefficient (Wildman–Crippen LogP) is 1.82. The minimum atomic E-state index is -3.57. The molecule has 1 rings (SSSR count). The van der Waals surface area contributed by atoms with Crippen molar-refractivity contribution in [2.45, 2.75) is 18.3 Å². The quantitative estimate of drug-likeness (QED) is 0.869. The van der Waals surface area contributed by atoms with E-state index in [1.807, 2.05) is 0 Å². The lowest BCUT2D eigenvalue weighted by molar-refractivity contribution is 0.112. The zero-order valence-electron chi connectivity index (χ0n) is 9.68. The normalized spacial score (nSPS) is 15.4. The Labute approximate surface area is 116 Å². The maximum Gasteiger partial charge on any atom is 0.159 e. The van der Waals surface area contributed by atoms with Gasteiger partial charge in [-0.3, -0.25) is 0 Å². The van der Waals surface area contributed by atoms with Gasteiger partial charge in [0.25, 0.3) is 0 Å². The molecule has 0 spiro atoms. The molecule has 0 unspecified atom stereocenters. The van der Waals surface area contributed by atoms with Gasteiger partial charge < -0.3 is 10.2 Å². The molecule has 0 saturated carbocycles. The molecule has 0 fully saturated rings. The fraction of sp³-hybridized carbons (Fsp3) is 0.455. The standard InChI is InChI=1S/C11H14Cl2O4S/c1-7(18(16,17)6-9(15)5-14)8-2-3-10(12)11(13)4-8/h2-4,7,9,14-15H,5-6H2,1H3/t7-,9-/m0/s1. The Hall–Kier alpha value is -0.330. The summed E-state index contributed by atoms with van der Waals surface area (Å²) in [7, 11) is -3.57. The highest BCUT2D eigenvalue weighted by molar-refractivity contribution is 7.91. The number of aliphatic hydroxyl groups is 2. The van der Waals surface area contributed by atoms with Gasteiger partial charge in [0.1, 0.15) is 0 Å². The SMILES string of the molecule is C[C@@H](c1ccc(Cl)c(Cl)c1)S(=O)(=O)C[C@@H](O)CO. The molecule has 0 aliphatic rings. The van der Waals surface area contributed by atoms with Gasteiger partial charge in [-0.15, -0.1) is 0 Å². The summed E-state index contributed by atoms with van der Waals surface area (Å²) >= 11 is 11.6. The average molecular weight is 313 g/mol. The van der Waals surface area contributed by atoms with Crippen LogP contribution in [0.3, 0.4) is 0 Å². The molecule has 0 saturated heterocycles. The molecule has 102 valence electrons. The average Bonchev–Trinajstić information content (AvgIpc) is 2.31. The molecular weight excluding hydrogens is 299 g/mol. The Bertz CT molecular complexity index is 516. The molecule has 0 aliphatic heterocycles. The van der Waals surface area contributed by atoms with E-state index in [0.29, 0.717) is 10.6 Å². The first-order chi connectivity index (χ1) is 8.27. The van der Waals surface area contributed by atoms with E-state index in [1.54, 1.807) is 6.07 Å². The molecule has 18 heavy (non-hydrogen) atoms. The summed E-state index contributed by atoms with van der Waals surface area (Å²) in [6, 6.07) is 4.58. The number of aliphatic hydroxyl groups excluding tert-OH is 2. The van der Waals surface area contributed by atoms with E-state index in [0.717, 1.165) is 0 Å². The van der Waals surface area contributed by atoms with E-state index in [1.165, 1.54) is 19.1 Å².